The Balaban J connectivity index is 1.97. The molecule has 6 nitrogen and oxygen atoms in total. The van der Waals surface area contributed by atoms with Crippen molar-refractivity contribution < 1.29 is 4.79 Å². The summed E-state index contributed by atoms with van der Waals surface area (Å²) in [6, 6.07) is 13.0. The normalized spacial score (nSPS) is 13.4. The number of urea groups is 1. The second-order valence-corrected chi connectivity index (χ2v) is 8.29. The van der Waals surface area contributed by atoms with Gasteiger partial charge in [-0.25, -0.2) is 14.8 Å². The van der Waals surface area contributed by atoms with Crippen LogP contribution in [0.3, 0.4) is 0 Å². The fraction of sp³-hybridized carbons (Fsp3) is 0.320. The average molecular weight is 450 g/mol. The van der Waals surface area contributed by atoms with Gasteiger partial charge in [0.2, 0.25) is 5.95 Å². The van der Waals surface area contributed by atoms with Gasteiger partial charge in [0.15, 0.2) is 0 Å². The number of nitrogens with zero attached hydrogens (tertiary/aromatic N) is 4. The molecule has 7 heteroatoms. The number of hydrogen-bond donors (Lipinski definition) is 1. The zero-order valence-corrected chi connectivity index (χ0v) is 19.3. The van der Waals surface area contributed by atoms with E-state index in [-0.39, 0.29) is 0 Å². The van der Waals surface area contributed by atoms with Gasteiger partial charge in [0, 0.05) is 18.7 Å². The van der Waals surface area contributed by atoms with E-state index in [0.717, 1.165) is 61.2 Å². The van der Waals surface area contributed by atoms with Crippen molar-refractivity contribution in [2.75, 3.05) is 22.9 Å². The van der Waals surface area contributed by atoms with Crippen LogP contribution in [0.15, 0.2) is 48.7 Å². The number of para-hydroxylation sites is 1. The van der Waals surface area contributed by atoms with E-state index >= 15 is 0 Å². The summed E-state index contributed by atoms with van der Waals surface area (Å²) in [5.74, 6) is 0.644. The number of primary amides is 1. The molecule has 2 N–H and O–H groups in total. The van der Waals surface area contributed by atoms with Crippen molar-refractivity contribution in [3.05, 3.63) is 64.8 Å². The van der Waals surface area contributed by atoms with Crippen LogP contribution in [0.1, 0.15) is 37.8 Å². The molecule has 2 heterocycles. The lowest BCUT2D eigenvalue weighted by Gasteiger charge is -2.28. The lowest BCUT2D eigenvalue weighted by atomic mass is 10.0. The van der Waals surface area contributed by atoms with E-state index in [2.05, 4.69) is 23.7 Å². The number of amides is 2. The first-order valence-corrected chi connectivity index (χ1v) is 11.5. The highest BCUT2D eigenvalue weighted by Crippen LogP contribution is 2.40. The molecule has 2 amide bonds. The third kappa shape index (κ3) is 4.15. The van der Waals surface area contributed by atoms with Gasteiger partial charge >= 0.3 is 6.03 Å². The Bertz CT molecular complexity index is 1100. The monoisotopic (exact) mass is 449 g/mol. The molecule has 0 aliphatic carbocycles. The number of carbonyl (C=O) groups excluding carboxylic acids is 1. The fourth-order valence-corrected chi connectivity index (χ4v) is 4.53. The number of rotatable bonds is 6. The van der Waals surface area contributed by atoms with Gasteiger partial charge < -0.3 is 10.6 Å². The molecule has 4 rings (SSSR count). The highest BCUT2D eigenvalue weighted by atomic mass is 35.5. The van der Waals surface area contributed by atoms with E-state index in [9.17, 15) is 4.79 Å². The van der Waals surface area contributed by atoms with Crippen molar-refractivity contribution in [3.8, 4) is 11.3 Å². The second kappa shape index (κ2) is 9.57. The van der Waals surface area contributed by atoms with Crippen molar-refractivity contribution in [2.24, 2.45) is 5.73 Å². The standard InChI is InChI=1S/C25H28ClN5O/c1-3-17-10-9-11-18(4-2)23(17)31(24(27)32)21-16-28-25(30-14-7-8-15-30)29-22(21)19-12-5-6-13-20(19)26/h5-6,9-13,16H,3-4,7-8,14-15H2,1-2H3,(H2,27,32). The van der Waals surface area contributed by atoms with Gasteiger partial charge in [-0.05, 0) is 42.9 Å². The van der Waals surface area contributed by atoms with Gasteiger partial charge in [0.25, 0.3) is 0 Å². The topological polar surface area (TPSA) is 75.3 Å². The molecule has 2 aromatic carbocycles. The summed E-state index contributed by atoms with van der Waals surface area (Å²) >= 11 is 6.58. The molecule has 1 saturated heterocycles. The van der Waals surface area contributed by atoms with Crippen molar-refractivity contribution in [1.29, 1.82) is 0 Å². The van der Waals surface area contributed by atoms with Crippen LogP contribution in [0.25, 0.3) is 11.3 Å². The van der Waals surface area contributed by atoms with Crippen LogP contribution < -0.4 is 15.5 Å². The quantitative estimate of drug-likeness (QED) is 0.520. The second-order valence-electron chi connectivity index (χ2n) is 7.88. The third-order valence-electron chi connectivity index (χ3n) is 5.92. The van der Waals surface area contributed by atoms with E-state index in [1.807, 2.05) is 42.5 Å². The number of halogens is 1. The van der Waals surface area contributed by atoms with Crippen molar-refractivity contribution in [1.82, 2.24) is 9.97 Å². The Morgan fingerprint density at radius 3 is 2.31 bits per heavy atom. The van der Waals surface area contributed by atoms with Crippen molar-refractivity contribution >= 4 is 35.0 Å². The predicted octanol–water partition coefficient (Wildman–Crippen LogP) is 5.74. The zero-order valence-electron chi connectivity index (χ0n) is 18.5. The van der Waals surface area contributed by atoms with Crippen LogP contribution in [-0.4, -0.2) is 29.1 Å². The summed E-state index contributed by atoms with van der Waals surface area (Å²) in [7, 11) is 0. The Labute approximate surface area is 194 Å². The van der Waals surface area contributed by atoms with Crippen LogP contribution >= 0.6 is 11.6 Å². The number of hydrogen-bond acceptors (Lipinski definition) is 4. The molecule has 0 bridgehead atoms. The molecule has 166 valence electrons. The third-order valence-corrected chi connectivity index (χ3v) is 6.25. The number of aromatic nitrogens is 2. The largest absolute Gasteiger partial charge is 0.351 e. The number of carbonyl (C=O) groups is 1. The first-order valence-electron chi connectivity index (χ1n) is 11.1. The summed E-state index contributed by atoms with van der Waals surface area (Å²) in [6.07, 6.45) is 5.46. The molecule has 0 atom stereocenters. The molecule has 0 saturated carbocycles. The van der Waals surface area contributed by atoms with Crippen LogP contribution in [-0.2, 0) is 12.8 Å². The van der Waals surface area contributed by atoms with Crippen molar-refractivity contribution in [3.63, 3.8) is 0 Å². The maximum Gasteiger partial charge on any atom is 0.324 e. The Hall–Kier alpha value is -3.12. The summed E-state index contributed by atoms with van der Waals surface area (Å²) < 4.78 is 0. The number of benzene rings is 2. The number of aryl methyl sites for hydroxylation is 2. The minimum absolute atomic E-state index is 0.532. The lowest BCUT2D eigenvalue weighted by Crippen LogP contribution is -2.34. The lowest BCUT2D eigenvalue weighted by molar-refractivity contribution is 0.256. The van der Waals surface area contributed by atoms with Crippen molar-refractivity contribution in [2.45, 2.75) is 39.5 Å². The summed E-state index contributed by atoms with van der Waals surface area (Å²) in [6.45, 7) is 5.97. The molecule has 1 fully saturated rings. The van der Waals surface area contributed by atoms with E-state index in [1.54, 1.807) is 11.1 Å². The van der Waals surface area contributed by atoms with Crippen LogP contribution in [0.2, 0.25) is 5.02 Å². The summed E-state index contributed by atoms with van der Waals surface area (Å²) in [5, 5.41) is 0.559. The Morgan fingerprint density at radius 1 is 1.06 bits per heavy atom. The molecule has 3 aromatic rings. The molecule has 0 radical (unpaired) electrons. The van der Waals surface area contributed by atoms with Gasteiger partial charge in [-0.2, -0.15) is 0 Å². The van der Waals surface area contributed by atoms with Crippen LogP contribution in [0.5, 0.6) is 0 Å². The number of nitrogens with two attached hydrogens (primary N) is 1. The molecular weight excluding hydrogens is 422 g/mol. The molecule has 0 spiro atoms. The Kier molecular flexibility index (Phi) is 6.61. The van der Waals surface area contributed by atoms with E-state index in [4.69, 9.17) is 22.3 Å². The minimum Gasteiger partial charge on any atom is -0.351 e. The summed E-state index contributed by atoms with van der Waals surface area (Å²) in [4.78, 5) is 26.1. The molecule has 0 unspecified atom stereocenters. The molecule has 1 aliphatic rings. The summed E-state index contributed by atoms with van der Waals surface area (Å²) in [5.41, 5.74) is 10.7. The molecule has 1 aromatic heterocycles. The van der Waals surface area contributed by atoms with Gasteiger partial charge in [-0.1, -0.05) is 61.8 Å². The highest BCUT2D eigenvalue weighted by Gasteiger charge is 2.27. The van der Waals surface area contributed by atoms with E-state index in [0.29, 0.717) is 22.4 Å². The van der Waals surface area contributed by atoms with E-state index < -0.39 is 6.03 Å². The van der Waals surface area contributed by atoms with Gasteiger partial charge in [0.1, 0.15) is 5.69 Å². The SMILES string of the molecule is CCc1cccc(CC)c1N(C(N)=O)c1cnc(N2CCCC2)nc1-c1ccccc1Cl. The molecular formula is C25H28ClN5O. The maximum atomic E-state index is 12.9. The van der Waals surface area contributed by atoms with Crippen LogP contribution in [0.4, 0.5) is 22.1 Å². The van der Waals surface area contributed by atoms with Gasteiger partial charge in [-0.15, -0.1) is 0 Å². The first-order chi connectivity index (χ1) is 15.5. The Morgan fingerprint density at radius 2 is 1.72 bits per heavy atom. The molecule has 32 heavy (non-hydrogen) atoms. The minimum atomic E-state index is -0.577. The average Bonchev–Trinajstić information content (AvgIpc) is 3.35. The smallest absolute Gasteiger partial charge is 0.324 e. The maximum absolute atomic E-state index is 12.9. The predicted molar refractivity (Wildman–Crippen MR) is 131 cm³/mol. The number of anilines is 3. The first kappa shape index (κ1) is 22.1. The fourth-order valence-electron chi connectivity index (χ4n) is 4.30. The van der Waals surface area contributed by atoms with Gasteiger partial charge in [-0.3, -0.25) is 4.90 Å². The van der Waals surface area contributed by atoms with Gasteiger partial charge in [0.05, 0.1) is 22.6 Å². The highest BCUT2D eigenvalue weighted by molar-refractivity contribution is 6.33. The van der Waals surface area contributed by atoms with Crippen LogP contribution in [0, 0.1) is 0 Å². The molecule has 1 aliphatic heterocycles. The zero-order chi connectivity index (χ0) is 22.7. The van der Waals surface area contributed by atoms with E-state index in [1.165, 1.54) is 0 Å².